The first-order valence-electron chi connectivity index (χ1n) is 5.44. The molecule has 5 heteroatoms. The number of nitrogens with zero attached hydrogens (tertiary/aromatic N) is 1. The normalized spacial score (nSPS) is 15.8. The van der Waals surface area contributed by atoms with E-state index in [1.807, 2.05) is 0 Å². The molecule has 1 heterocycles. The summed E-state index contributed by atoms with van der Waals surface area (Å²) in [6, 6.07) is 7.76. The molecule has 0 spiro atoms. The molecule has 92 valence electrons. The van der Waals surface area contributed by atoms with Crippen LogP contribution >= 0.6 is 0 Å². The van der Waals surface area contributed by atoms with Crippen molar-refractivity contribution in [2.24, 2.45) is 0 Å². The van der Waals surface area contributed by atoms with Crippen LogP contribution in [-0.4, -0.2) is 17.8 Å². The van der Waals surface area contributed by atoms with Crippen LogP contribution in [0, 0.1) is 0 Å². The van der Waals surface area contributed by atoms with Gasteiger partial charge in [-0.2, -0.15) is 0 Å². The molecule has 4 amide bonds. The van der Waals surface area contributed by atoms with Gasteiger partial charge in [-0.3, -0.25) is 14.9 Å². The van der Waals surface area contributed by atoms with Crippen LogP contribution in [0.4, 0.5) is 10.5 Å². The van der Waals surface area contributed by atoms with Gasteiger partial charge in [0, 0.05) is 0 Å². The average Bonchev–Trinajstić information content (AvgIpc) is 2.28. The molecule has 0 bridgehead atoms. The number of allylic oxidation sites excluding steroid dienone is 1. The van der Waals surface area contributed by atoms with Crippen molar-refractivity contribution in [2.45, 2.75) is 13.8 Å². The molecule has 0 aliphatic carbocycles. The minimum atomic E-state index is -0.721. The molecular weight excluding hydrogens is 232 g/mol. The van der Waals surface area contributed by atoms with E-state index >= 15 is 0 Å². The van der Waals surface area contributed by atoms with Gasteiger partial charge < -0.3 is 0 Å². The second-order valence-corrected chi connectivity index (χ2v) is 4.11. The third-order valence-electron chi connectivity index (χ3n) is 2.58. The summed E-state index contributed by atoms with van der Waals surface area (Å²) in [6.45, 7) is 3.32. The number of anilines is 1. The van der Waals surface area contributed by atoms with Crippen molar-refractivity contribution in [1.29, 1.82) is 0 Å². The van der Waals surface area contributed by atoms with E-state index in [0.29, 0.717) is 11.3 Å². The zero-order valence-electron chi connectivity index (χ0n) is 10.1. The molecule has 1 fully saturated rings. The summed E-state index contributed by atoms with van der Waals surface area (Å²) in [5, 5.41) is 2.16. The number of hydrogen-bond acceptors (Lipinski definition) is 3. The number of barbiturate groups is 1. The summed E-state index contributed by atoms with van der Waals surface area (Å²) in [5.41, 5.74) is 1.02. The summed E-state index contributed by atoms with van der Waals surface area (Å²) in [4.78, 5) is 36.5. The fourth-order valence-electron chi connectivity index (χ4n) is 1.77. The van der Waals surface area contributed by atoms with Crippen LogP contribution in [0.3, 0.4) is 0 Å². The summed E-state index contributed by atoms with van der Waals surface area (Å²) in [5.74, 6) is -1.23. The van der Waals surface area contributed by atoms with Gasteiger partial charge in [0.25, 0.3) is 11.8 Å². The third kappa shape index (κ3) is 1.90. The van der Waals surface area contributed by atoms with Gasteiger partial charge in [0.15, 0.2) is 0 Å². The second-order valence-electron chi connectivity index (χ2n) is 4.11. The maximum Gasteiger partial charge on any atom is 0.335 e. The van der Waals surface area contributed by atoms with E-state index in [4.69, 9.17) is 0 Å². The van der Waals surface area contributed by atoms with E-state index < -0.39 is 17.8 Å². The highest BCUT2D eigenvalue weighted by Crippen LogP contribution is 2.21. The fraction of sp³-hybridized carbons (Fsp3) is 0.154. The maximum atomic E-state index is 12.2. The summed E-state index contributed by atoms with van der Waals surface area (Å²) < 4.78 is 0. The minimum absolute atomic E-state index is 0.0125. The van der Waals surface area contributed by atoms with Crippen molar-refractivity contribution in [2.75, 3.05) is 4.90 Å². The molecule has 0 saturated carbocycles. The number of para-hydroxylation sites is 1. The Morgan fingerprint density at radius 1 is 1.06 bits per heavy atom. The van der Waals surface area contributed by atoms with E-state index in [9.17, 15) is 14.4 Å². The number of imide groups is 2. The van der Waals surface area contributed by atoms with E-state index in [2.05, 4.69) is 5.32 Å². The van der Waals surface area contributed by atoms with Crippen LogP contribution in [0.1, 0.15) is 13.8 Å². The Morgan fingerprint density at radius 2 is 1.67 bits per heavy atom. The van der Waals surface area contributed by atoms with Gasteiger partial charge in [-0.15, -0.1) is 0 Å². The third-order valence-corrected chi connectivity index (χ3v) is 2.58. The van der Waals surface area contributed by atoms with Crippen molar-refractivity contribution < 1.29 is 14.4 Å². The number of urea groups is 1. The lowest BCUT2D eigenvalue weighted by Crippen LogP contribution is -2.54. The molecule has 2 rings (SSSR count). The van der Waals surface area contributed by atoms with Crippen LogP contribution in [0.5, 0.6) is 0 Å². The monoisotopic (exact) mass is 244 g/mol. The van der Waals surface area contributed by atoms with E-state index in [-0.39, 0.29) is 5.57 Å². The molecule has 1 saturated heterocycles. The highest BCUT2D eigenvalue weighted by Gasteiger charge is 2.37. The van der Waals surface area contributed by atoms with Gasteiger partial charge in [-0.1, -0.05) is 23.8 Å². The molecule has 1 aliphatic heterocycles. The molecule has 1 aliphatic rings. The Balaban J connectivity index is 2.49. The largest absolute Gasteiger partial charge is 0.335 e. The number of benzene rings is 1. The lowest BCUT2D eigenvalue weighted by molar-refractivity contribution is -0.122. The quantitative estimate of drug-likeness (QED) is 0.602. The first kappa shape index (κ1) is 12.0. The van der Waals surface area contributed by atoms with E-state index in [1.165, 1.54) is 0 Å². The molecule has 0 atom stereocenters. The molecule has 5 nitrogen and oxygen atoms in total. The topological polar surface area (TPSA) is 66.5 Å². The summed E-state index contributed by atoms with van der Waals surface area (Å²) >= 11 is 0. The molecule has 0 unspecified atom stereocenters. The first-order chi connectivity index (χ1) is 8.52. The molecule has 0 radical (unpaired) electrons. The van der Waals surface area contributed by atoms with Gasteiger partial charge in [0.1, 0.15) is 5.57 Å². The Bertz CT molecular complexity index is 557. The molecule has 1 aromatic carbocycles. The van der Waals surface area contributed by atoms with Crippen LogP contribution in [0.2, 0.25) is 0 Å². The van der Waals surface area contributed by atoms with Crippen LogP contribution in [0.15, 0.2) is 41.5 Å². The van der Waals surface area contributed by atoms with Crippen molar-refractivity contribution in [3.63, 3.8) is 0 Å². The van der Waals surface area contributed by atoms with E-state index in [1.54, 1.807) is 44.2 Å². The number of rotatable bonds is 1. The Kier molecular flexibility index (Phi) is 2.97. The molecular formula is C13H12N2O3. The van der Waals surface area contributed by atoms with Gasteiger partial charge in [-0.05, 0) is 26.0 Å². The highest BCUT2D eigenvalue weighted by molar-refractivity contribution is 6.37. The number of amides is 4. The number of nitrogens with one attached hydrogen (secondary N) is 1. The van der Waals surface area contributed by atoms with Crippen LogP contribution in [-0.2, 0) is 9.59 Å². The lowest BCUT2D eigenvalue weighted by Gasteiger charge is -2.26. The van der Waals surface area contributed by atoms with Crippen molar-refractivity contribution in [1.82, 2.24) is 5.32 Å². The second kappa shape index (κ2) is 4.44. The lowest BCUT2D eigenvalue weighted by atomic mass is 10.1. The predicted octanol–water partition coefficient (Wildman–Crippen LogP) is 1.61. The maximum absolute atomic E-state index is 12.2. The number of carbonyl (C=O) groups is 3. The van der Waals surface area contributed by atoms with Gasteiger partial charge in [0.05, 0.1) is 5.69 Å². The smallest absolute Gasteiger partial charge is 0.273 e. The Morgan fingerprint density at radius 3 is 2.22 bits per heavy atom. The zero-order chi connectivity index (χ0) is 13.3. The van der Waals surface area contributed by atoms with Gasteiger partial charge >= 0.3 is 6.03 Å². The molecule has 1 N–H and O–H groups in total. The standard InChI is InChI=1S/C13H12N2O3/c1-8(2)10-11(16)14-13(18)15(12(10)17)9-6-4-3-5-7-9/h3-7H,1-2H3,(H,14,16,18). The van der Waals surface area contributed by atoms with Crippen molar-refractivity contribution in [3.8, 4) is 0 Å². The van der Waals surface area contributed by atoms with E-state index in [0.717, 1.165) is 4.90 Å². The predicted molar refractivity (Wildman–Crippen MR) is 65.8 cm³/mol. The van der Waals surface area contributed by atoms with Gasteiger partial charge in [0.2, 0.25) is 0 Å². The van der Waals surface area contributed by atoms with Crippen LogP contribution in [0.25, 0.3) is 0 Å². The Hall–Kier alpha value is -2.43. The number of hydrogen-bond donors (Lipinski definition) is 1. The number of carbonyl (C=O) groups excluding carboxylic acids is 3. The SMILES string of the molecule is CC(C)=C1C(=O)NC(=O)N(c2ccccc2)C1=O. The highest BCUT2D eigenvalue weighted by atomic mass is 16.2. The first-order valence-corrected chi connectivity index (χ1v) is 5.44. The van der Waals surface area contributed by atoms with Crippen molar-refractivity contribution >= 4 is 23.5 Å². The summed E-state index contributed by atoms with van der Waals surface area (Å²) in [6.07, 6.45) is 0. The molecule has 0 aromatic heterocycles. The Labute approximate surface area is 104 Å². The zero-order valence-corrected chi connectivity index (χ0v) is 10.1. The molecule has 18 heavy (non-hydrogen) atoms. The average molecular weight is 244 g/mol. The fourth-order valence-corrected chi connectivity index (χ4v) is 1.77. The molecule has 1 aromatic rings. The van der Waals surface area contributed by atoms with Gasteiger partial charge in [-0.25, -0.2) is 9.69 Å². The summed E-state index contributed by atoms with van der Waals surface area (Å²) in [7, 11) is 0. The van der Waals surface area contributed by atoms with Crippen molar-refractivity contribution in [3.05, 3.63) is 41.5 Å². The minimum Gasteiger partial charge on any atom is -0.273 e. The van der Waals surface area contributed by atoms with Crippen LogP contribution < -0.4 is 10.2 Å².